The number of nitro benzene ring substituents is 1. The molecular formula is C12H12BrN3O3. The van der Waals surface area contributed by atoms with Crippen LogP contribution >= 0.6 is 15.9 Å². The predicted octanol–water partition coefficient (Wildman–Crippen LogP) is 2.94. The van der Waals surface area contributed by atoms with Crippen LogP contribution in [0.4, 0.5) is 5.69 Å². The van der Waals surface area contributed by atoms with Gasteiger partial charge in [-0.1, -0.05) is 15.9 Å². The summed E-state index contributed by atoms with van der Waals surface area (Å²) in [6.45, 7) is 2.62. The highest BCUT2D eigenvalue weighted by Crippen LogP contribution is 2.22. The van der Waals surface area contributed by atoms with Gasteiger partial charge in [-0.3, -0.25) is 10.1 Å². The molecule has 0 fully saturated rings. The van der Waals surface area contributed by atoms with Crippen LogP contribution < -0.4 is 5.32 Å². The van der Waals surface area contributed by atoms with Crippen molar-refractivity contribution in [3.63, 3.8) is 0 Å². The molecule has 0 unspecified atom stereocenters. The van der Waals surface area contributed by atoms with E-state index in [0.29, 0.717) is 24.5 Å². The number of hydrogen-bond acceptors (Lipinski definition) is 5. The highest BCUT2D eigenvalue weighted by atomic mass is 79.9. The number of benzene rings is 1. The molecule has 2 aromatic rings. The van der Waals surface area contributed by atoms with Crippen LogP contribution in [0.15, 0.2) is 33.3 Å². The van der Waals surface area contributed by atoms with Gasteiger partial charge in [0.15, 0.2) is 0 Å². The van der Waals surface area contributed by atoms with E-state index in [4.69, 9.17) is 4.42 Å². The summed E-state index contributed by atoms with van der Waals surface area (Å²) in [5, 5.41) is 14.0. The van der Waals surface area contributed by atoms with Crippen molar-refractivity contribution in [2.75, 3.05) is 0 Å². The van der Waals surface area contributed by atoms with Gasteiger partial charge in [-0.2, -0.15) is 0 Å². The minimum Gasteiger partial charge on any atom is -0.445 e. The molecule has 0 aliphatic rings. The summed E-state index contributed by atoms with van der Waals surface area (Å²) in [4.78, 5) is 14.6. The van der Waals surface area contributed by atoms with Crippen LogP contribution in [0.3, 0.4) is 0 Å². The number of nitro groups is 1. The Bertz CT molecular complexity index is 598. The second-order valence-corrected chi connectivity index (χ2v) is 4.91. The Morgan fingerprint density at radius 2 is 2.26 bits per heavy atom. The number of nitrogens with zero attached hydrogens (tertiary/aromatic N) is 2. The third-order valence-corrected chi connectivity index (χ3v) is 2.99. The van der Waals surface area contributed by atoms with E-state index in [9.17, 15) is 10.1 Å². The van der Waals surface area contributed by atoms with E-state index in [-0.39, 0.29) is 5.69 Å². The first-order valence-electron chi connectivity index (χ1n) is 5.61. The second-order valence-electron chi connectivity index (χ2n) is 4.00. The van der Waals surface area contributed by atoms with Crippen LogP contribution in [0.2, 0.25) is 0 Å². The topological polar surface area (TPSA) is 81.2 Å². The number of oxazole rings is 1. The molecule has 0 amide bonds. The van der Waals surface area contributed by atoms with E-state index < -0.39 is 4.92 Å². The first kappa shape index (κ1) is 13.7. The van der Waals surface area contributed by atoms with E-state index in [1.54, 1.807) is 18.3 Å². The third kappa shape index (κ3) is 3.62. The van der Waals surface area contributed by atoms with Crippen molar-refractivity contribution in [2.24, 2.45) is 0 Å². The monoisotopic (exact) mass is 325 g/mol. The maximum absolute atomic E-state index is 10.9. The van der Waals surface area contributed by atoms with E-state index in [0.717, 1.165) is 10.2 Å². The summed E-state index contributed by atoms with van der Waals surface area (Å²) in [6, 6.07) is 4.86. The second kappa shape index (κ2) is 5.94. The van der Waals surface area contributed by atoms with Crippen molar-refractivity contribution >= 4 is 21.6 Å². The highest BCUT2D eigenvalue weighted by molar-refractivity contribution is 9.10. The fraction of sp³-hybridized carbons (Fsp3) is 0.250. The zero-order chi connectivity index (χ0) is 13.8. The number of nitrogens with one attached hydrogen (secondary N) is 1. The van der Waals surface area contributed by atoms with Gasteiger partial charge in [-0.15, -0.1) is 0 Å². The SMILES string of the molecule is Cc1cnc(CNCc2cc(Br)ccc2[N+](=O)[O-])o1. The molecule has 1 heterocycles. The summed E-state index contributed by atoms with van der Waals surface area (Å²) < 4.78 is 6.11. The minimum absolute atomic E-state index is 0.0966. The molecular weight excluding hydrogens is 314 g/mol. The van der Waals surface area contributed by atoms with Crippen molar-refractivity contribution in [1.82, 2.24) is 10.3 Å². The Labute approximate surface area is 118 Å². The highest BCUT2D eigenvalue weighted by Gasteiger charge is 2.13. The molecule has 0 aliphatic heterocycles. The molecule has 0 radical (unpaired) electrons. The first-order chi connectivity index (χ1) is 9.06. The quantitative estimate of drug-likeness (QED) is 0.675. The van der Waals surface area contributed by atoms with Gasteiger partial charge in [-0.05, 0) is 19.1 Å². The van der Waals surface area contributed by atoms with Gasteiger partial charge >= 0.3 is 0 Å². The predicted molar refractivity (Wildman–Crippen MR) is 72.6 cm³/mol. The van der Waals surface area contributed by atoms with Gasteiger partial charge in [0.25, 0.3) is 5.69 Å². The lowest BCUT2D eigenvalue weighted by Gasteiger charge is -2.04. The molecule has 6 nitrogen and oxygen atoms in total. The molecule has 7 heteroatoms. The van der Waals surface area contributed by atoms with Gasteiger partial charge in [0.05, 0.1) is 17.7 Å². The molecule has 0 saturated heterocycles. The van der Waals surface area contributed by atoms with E-state index in [1.807, 2.05) is 6.92 Å². The van der Waals surface area contributed by atoms with Crippen LogP contribution in [0.5, 0.6) is 0 Å². The van der Waals surface area contributed by atoms with Crippen LogP contribution in [0, 0.1) is 17.0 Å². The number of aryl methyl sites for hydroxylation is 1. The lowest BCUT2D eigenvalue weighted by molar-refractivity contribution is -0.385. The molecule has 2 rings (SSSR count). The first-order valence-corrected chi connectivity index (χ1v) is 6.40. The van der Waals surface area contributed by atoms with Crippen LogP contribution in [0.25, 0.3) is 0 Å². The molecule has 1 aromatic heterocycles. The van der Waals surface area contributed by atoms with Crippen molar-refractivity contribution in [3.05, 3.63) is 56.2 Å². The van der Waals surface area contributed by atoms with E-state index in [2.05, 4.69) is 26.2 Å². The molecule has 1 aromatic carbocycles. The van der Waals surface area contributed by atoms with Crippen molar-refractivity contribution in [2.45, 2.75) is 20.0 Å². The lowest BCUT2D eigenvalue weighted by Crippen LogP contribution is -2.14. The normalized spacial score (nSPS) is 10.6. The maximum atomic E-state index is 10.9. The van der Waals surface area contributed by atoms with Gasteiger partial charge in [-0.25, -0.2) is 4.98 Å². The van der Waals surface area contributed by atoms with Crippen LogP contribution in [-0.4, -0.2) is 9.91 Å². The summed E-state index contributed by atoms with van der Waals surface area (Å²) in [5.74, 6) is 1.31. The molecule has 0 atom stereocenters. The van der Waals surface area contributed by atoms with Gasteiger partial charge < -0.3 is 9.73 Å². The lowest BCUT2D eigenvalue weighted by atomic mass is 10.2. The molecule has 1 N–H and O–H groups in total. The summed E-state index contributed by atoms with van der Waals surface area (Å²) in [5.41, 5.74) is 0.710. The van der Waals surface area contributed by atoms with Crippen LogP contribution in [0.1, 0.15) is 17.2 Å². The molecule has 0 aliphatic carbocycles. The zero-order valence-electron chi connectivity index (χ0n) is 10.2. The molecule has 0 saturated carbocycles. The average molecular weight is 326 g/mol. The fourth-order valence-corrected chi connectivity index (χ4v) is 2.07. The smallest absolute Gasteiger partial charge is 0.273 e. The Morgan fingerprint density at radius 3 is 2.89 bits per heavy atom. The van der Waals surface area contributed by atoms with Crippen molar-refractivity contribution < 1.29 is 9.34 Å². The van der Waals surface area contributed by atoms with E-state index in [1.165, 1.54) is 6.07 Å². The van der Waals surface area contributed by atoms with Gasteiger partial charge in [0.2, 0.25) is 5.89 Å². The molecule has 0 bridgehead atoms. The van der Waals surface area contributed by atoms with Crippen LogP contribution in [-0.2, 0) is 13.1 Å². The largest absolute Gasteiger partial charge is 0.445 e. The van der Waals surface area contributed by atoms with Gasteiger partial charge in [0, 0.05) is 22.6 Å². The number of hydrogen-bond donors (Lipinski definition) is 1. The minimum atomic E-state index is -0.390. The Hall–Kier alpha value is -1.73. The maximum Gasteiger partial charge on any atom is 0.273 e. The number of aromatic nitrogens is 1. The van der Waals surface area contributed by atoms with E-state index >= 15 is 0 Å². The summed E-state index contributed by atoms with van der Waals surface area (Å²) >= 11 is 3.30. The molecule has 0 spiro atoms. The Balaban J connectivity index is 2.02. The number of rotatable bonds is 5. The summed E-state index contributed by atoms with van der Waals surface area (Å²) in [6.07, 6.45) is 1.64. The zero-order valence-corrected chi connectivity index (χ0v) is 11.8. The number of halogens is 1. The molecule has 19 heavy (non-hydrogen) atoms. The van der Waals surface area contributed by atoms with Crippen molar-refractivity contribution in [1.29, 1.82) is 0 Å². The Kier molecular flexibility index (Phi) is 4.28. The van der Waals surface area contributed by atoms with Gasteiger partial charge in [0.1, 0.15) is 5.76 Å². The summed E-state index contributed by atoms with van der Waals surface area (Å²) in [7, 11) is 0. The molecule has 100 valence electrons. The Morgan fingerprint density at radius 1 is 1.47 bits per heavy atom. The fourth-order valence-electron chi connectivity index (χ4n) is 1.66. The standard InChI is InChI=1S/C12H12BrN3O3/c1-8-5-15-12(19-8)7-14-6-9-4-10(13)2-3-11(9)16(17)18/h2-5,14H,6-7H2,1H3. The third-order valence-electron chi connectivity index (χ3n) is 2.50. The van der Waals surface area contributed by atoms with Crippen molar-refractivity contribution in [3.8, 4) is 0 Å². The average Bonchev–Trinajstić information content (AvgIpc) is 2.75.